The predicted octanol–water partition coefficient (Wildman–Crippen LogP) is 14.5. The molecule has 0 saturated carbocycles. The van der Waals surface area contributed by atoms with Crippen LogP contribution in [-0.4, -0.2) is 0 Å². The van der Waals surface area contributed by atoms with Gasteiger partial charge in [0, 0.05) is 22.5 Å². The van der Waals surface area contributed by atoms with Crippen molar-refractivity contribution in [2.45, 2.75) is 26.2 Å². The second kappa shape index (κ2) is 13.3. The molecule has 0 heterocycles. The topological polar surface area (TPSA) is 3.24 Å². The minimum atomic E-state index is -0.224. The summed E-state index contributed by atoms with van der Waals surface area (Å²) in [6, 6.07) is 62.1. The Bertz CT molecular complexity index is 2740. The van der Waals surface area contributed by atoms with E-state index in [-0.39, 0.29) is 5.41 Å². The lowest BCUT2D eigenvalue weighted by Gasteiger charge is -2.35. The number of allylic oxidation sites excluding steroid dienone is 4. The van der Waals surface area contributed by atoms with E-state index in [2.05, 4.69) is 220 Å². The molecular formula is C52H41N. The van der Waals surface area contributed by atoms with E-state index in [0.29, 0.717) is 0 Å². The van der Waals surface area contributed by atoms with Crippen LogP contribution < -0.4 is 4.90 Å². The molecular weight excluding hydrogens is 639 g/mol. The van der Waals surface area contributed by atoms with Crippen molar-refractivity contribution >= 4 is 49.8 Å². The maximum absolute atomic E-state index is 2.43. The first-order valence-corrected chi connectivity index (χ1v) is 18.5. The van der Waals surface area contributed by atoms with Crippen molar-refractivity contribution in [3.8, 4) is 22.3 Å². The first-order valence-electron chi connectivity index (χ1n) is 18.5. The summed E-state index contributed by atoms with van der Waals surface area (Å²) in [4.78, 5) is 2.43. The Labute approximate surface area is 312 Å². The molecule has 1 aliphatic rings. The maximum Gasteiger partial charge on any atom is 0.0462 e. The highest BCUT2D eigenvalue weighted by Crippen LogP contribution is 2.43. The highest BCUT2D eigenvalue weighted by molar-refractivity contribution is 6.13. The van der Waals surface area contributed by atoms with Crippen molar-refractivity contribution in [1.82, 2.24) is 0 Å². The van der Waals surface area contributed by atoms with Crippen molar-refractivity contribution in [3.05, 3.63) is 210 Å². The van der Waals surface area contributed by atoms with Gasteiger partial charge < -0.3 is 4.90 Å². The molecule has 1 aliphatic carbocycles. The van der Waals surface area contributed by atoms with E-state index in [1.165, 1.54) is 77.0 Å². The third-order valence-electron chi connectivity index (χ3n) is 11.3. The van der Waals surface area contributed by atoms with Crippen molar-refractivity contribution in [2.24, 2.45) is 0 Å². The first-order chi connectivity index (χ1) is 26.0. The Kier molecular flexibility index (Phi) is 8.13. The van der Waals surface area contributed by atoms with Gasteiger partial charge in [-0.3, -0.25) is 0 Å². The predicted molar refractivity (Wildman–Crippen MR) is 229 cm³/mol. The van der Waals surface area contributed by atoms with Crippen LogP contribution in [0.1, 0.15) is 31.9 Å². The van der Waals surface area contributed by atoms with E-state index in [9.17, 15) is 0 Å². The third-order valence-corrected chi connectivity index (χ3v) is 11.3. The standard InChI is InChI=1S/C52H41N/c1-36-51(23-13-8-16-40-15-7-12-22-50(40)52(36,2)3)53(44-30-26-38(27-31-44)42-25-24-37-14-4-5-17-41(37)34-42)45-32-28-39(29-33-45)49-35-43-18-6-9-19-46(43)47-20-10-11-21-48(47)49/h4-35H,1-3H3/b16-8+,23-13-,51-36-. The van der Waals surface area contributed by atoms with Gasteiger partial charge in [-0.05, 0) is 121 Å². The zero-order valence-corrected chi connectivity index (χ0v) is 30.4. The number of hydrogen-bond donors (Lipinski definition) is 0. The molecule has 0 saturated heterocycles. The molecule has 0 fully saturated rings. The number of anilines is 2. The lowest BCUT2D eigenvalue weighted by molar-refractivity contribution is 0.615. The van der Waals surface area contributed by atoms with Gasteiger partial charge in [0.2, 0.25) is 0 Å². The smallest absolute Gasteiger partial charge is 0.0462 e. The fraction of sp³-hybridized carbons (Fsp3) is 0.0769. The lowest BCUT2D eigenvalue weighted by atomic mass is 9.75. The Hall–Kier alpha value is -6.44. The van der Waals surface area contributed by atoms with Crippen LogP contribution in [0.15, 0.2) is 199 Å². The minimum absolute atomic E-state index is 0.224. The Morgan fingerprint density at radius 3 is 1.75 bits per heavy atom. The van der Waals surface area contributed by atoms with Gasteiger partial charge in [0.1, 0.15) is 0 Å². The number of fused-ring (bicyclic) bond motifs is 5. The van der Waals surface area contributed by atoms with Gasteiger partial charge in [0.05, 0.1) is 0 Å². The Morgan fingerprint density at radius 1 is 0.434 bits per heavy atom. The number of hydrogen-bond acceptors (Lipinski definition) is 1. The summed E-state index contributed by atoms with van der Waals surface area (Å²) in [5.74, 6) is 0. The van der Waals surface area contributed by atoms with Crippen LogP contribution in [0.5, 0.6) is 0 Å². The van der Waals surface area contributed by atoms with Crippen molar-refractivity contribution in [3.63, 3.8) is 0 Å². The van der Waals surface area contributed by atoms with Crippen LogP contribution in [0.4, 0.5) is 11.4 Å². The summed E-state index contributed by atoms with van der Waals surface area (Å²) in [6.07, 6.45) is 8.86. The monoisotopic (exact) mass is 679 g/mol. The van der Waals surface area contributed by atoms with Gasteiger partial charge in [-0.25, -0.2) is 0 Å². The van der Waals surface area contributed by atoms with Crippen LogP contribution >= 0.6 is 0 Å². The lowest BCUT2D eigenvalue weighted by Crippen LogP contribution is -2.26. The zero-order valence-electron chi connectivity index (χ0n) is 30.4. The Balaban J connectivity index is 1.19. The van der Waals surface area contributed by atoms with E-state index in [1.54, 1.807) is 0 Å². The number of rotatable bonds is 5. The molecule has 0 amide bonds. The molecule has 1 heteroatoms. The van der Waals surface area contributed by atoms with Gasteiger partial charge in [-0.1, -0.05) is 166 Å². The molecule has 53 heavy (non-hydrogen) atoms. The largest absolute Gasteiger partial charge is 0.311 e. The summed E-state index contributed by atoms with van der Waals surface area (Å²) in [6.45, 7) is 7.00. The summed E-state index contributed by atoms with van der Waals surface area (Å²) in [5, 5.41) is 7.60. The van der Waals surface area contributed by atoms with Crippen LogP contribution in [0.2, 0.25) is 0 Å². The molecule has 8 aromatic rings. The van der Waals surface area contributed by atoms with E-state index in [1.807, 2.05) is 0 Å². The highest BCUT2D eigenvalue weighted by atomic mass is 15.1. The summed E-state index contributed by atoms with van der Waals surface area (Å²) >= 11 is 0. The van der Waals surface area contributed by atoms with Gasteiger partial charge in [0.15, 0.2) is 0 Å². The zero-order chi connectivity index (χ0) is 35.9. The maximum atomic E-state index is 2.43. The van der Waals surface area contributed by atoms with Gasteiger partial charge in [-0.15, -0.1) is 0 Å². The quantitative estimate of drug-likeness (QED) is 0.164. The molecule has 0 aliphatic heterocycles. The van der Waals surface area contributed by atoms with Crippen LogP contribution in [0.25, 0.3) is 60.6 Å². The minimum Gasteiger partial charge on any atom is -0.311 e. The second-order valence-corrected chi connectivity index (χ2v) is 14.6. The SMILES string of the molecule is C\C1=C(N(c2ccc(-c3ccc4ccccc4c3)cc2)c2ccc(-c3cc4ccccc4c4ccccc34)cc2)/C=C\C=C\c2ccccc2C1(C)C. The summed E-state index contributed by atoms with van der Waals surface area (Å²) in [7, 11) is 0. The van der Waals surface area contributed by atoms with Crippen molar-refractivity contribution < 1.29 is 0 Å². The molecule has 0 radical (unpaired) electrons. The molecule has 0 atom stereocenters. The van der Waals surface area contributed by atoms with E-state index < -0.39 is 0 Å². The third kappa shape index (κ3) is 5.85. The molecule has 0 unspecified atom stereocenters. The molecule has 0 aromatic heterocycles. The van der Waals surface area contributed by atoms with Gasteiger partial charge >= 0.3 is 0 Å². The normalized spacial score (nSPS) is 16.4. The molecule has 1 nitrogen and oxygen atoms in total. The molecule has 0 spiro atoms. The average molecular weight is 680 g/mol. The van der Waals surface area contributed by atoms with Crippen LogP contribution in [0, 0.1) is 0 Å². The first kappa shape index (κ1) is 32.5. The molecule has 254 valence electrons. The van der Waals surface area contributed by atoms with E-state index in [4.69, 9.17) is 0 Å². The molecule has 0 bridgehead atoms. The van der Waals surface area contributed by atoms with Crippen molar-refractivity contribution in [2.75, 3.05) is 4.90 Å². The van der Waals surface area contributed by atoms with E-state index in [0.717, 1.165) is 11.4 Å². The molecule has 0 N–H and O–H groups in total. The molecule has 9 rings (SSSR count). The Morgan fingerprint density at radius 2 is 1.00 bits per heavy atom. The molecule has 8 aromatic carbocycles. The fourth-order valence-electron chi connectivity index (χ4n) is 8.09. The van der Waals surface area contributed by atoms with Gasteiger partial charge in [-0.2, -0.15) is 0 Å². The second-order valence-electron chi connectivity index (χ2n) is 14.6. The highest BCUT2D eigenvalue weighted by Gasteiger charge is 2.30. The average Bonchev–Trinajstić information content (AvgIpc) is 3.25. The fourth-order valence-corrected chi connectivity index (χ4v) is 8.09. The van der Waals surface area contributed by atoms with Crippen LogP contribution in [0.3, 0.4) is 0 Å². The van der Waals surface area contributed by atoms with E-state index >= 15 is 0 Å². The van der Waals surface area contributed by atoms with Crippen molar-refractivity contribution in [1.29, 1.82) is 0 Å². The van der Waals surface area contributed by atoms with Gasteiger partial charge in [0.25, 0.3) is 0 Å². The number of benzene rings is 8. The number of nitrogens with zero attached hydrogens (tertiary/aromatic N) is 1. The summed E-state index contributed by atoms with van der Waals surface area (Å²) in [5.41, 5.74) is 11.9. The van der Waals surface area contributed by atoms with Crippen LogP contribution in [-0.2, 0) is 5.41 Å². The summed E-state index contributed by atoms with van der Waals surface area (Å²) < 4.78 is 0.